The summed E-state index contributed by atoms with van der Waals surface area (Å²) in [4.78, 5) is 26.0. The summed E-state index contributed by atoms with van der Waals surface area (Å²) < 4.78 is 0. The fraction of sp³-hybridized carbons (Fsp3) is 0.450. The molecule has 1 aromatic carbocycles. The Morgan fingerprint density at radius 3 is 2.78 bits per heavy atom. The number of rotatable bonds is 5. The van der Waals surface area contributed by atoms with Crippen LogP contribution in [0.3, 0.4) is 0 Å². The molecule has 1 aromatic heterocycles. The van der Waals surface area contributed by atoms with Crippen molar-refractivity contribution >= 4 is 22.9 Å². The molecular weight excluding hydrogens is 362 g/mol. The van der Waals surface area contributed by atoms with Gasteiger partial charge < -0.3 is 10.2 Å². The maximum absolute atomic E-state index is 13.4. The van der Waals surface area contributed by atoms with Crippen LogP contribution < -0.4 is 5.32 Å². The summed E-state index contributed by atoms with van der Waals surface area (Å²) in [5.41, 5.74) is 2.49. The van der Waals surface area contributed by atoms with E-state index >= 15 is 0 Å². The average molecular weight is 385 g/mol. The minimum absolute atomic E-state index is 0.0281. The fourth-order valence-electron chi connectivity index (χ4n) is 4.29. The smallest absolute Gasteiger partial charge is 0.272 e. The molecule has 1 atom stereocenters. The van der Waals surface area contributed by atoms with Crippen LogP contribution in [0.5, 0.6) is 0 Å². The van der Waals surface area contributed by atoms with Gasteiger partial charge in [-0.05, 0) is 79.2 Å². The first-order valence-electron chi connectivity index (χ1n) is 9.28. The zero-order chi connectivity index (χ0) is 19.0. The van der Waals surface area contributed by atoms with Crippen LogP contribution in [0.15, 0.2) is 35.0 Å². The SMILES string of the molecule is Cc1cc(C(=O)N(Cc2ccsc2)C2CC23CCNCC3)ccc1[N+](=O)[O-]. The van der Waals surface area contributed by atoms with E-state index in [2.05, 4.69) is 16.8 Å². The number of nitrogens with one attached hydrogen (secondary N) is 1. The molecule has 1 amide bonds. The summed E-state index contributed by atoms with van der Waals surface area (Å²) in [6.07, 6.45) is 3.26. The van der Waals surface area contributed by atoms with Crippen LogP contribution >= 0.6 is 11.3 Å². The highest BCUT2D eigenvalue weighted by Gasteiger charge is 2.57. The van der Waals surface area contributed by atoms with Crippen LogP contribution in [-0.2, 0) is 6.54 Å². The summed E-state index contributed by atoms with van der Waals surface area (Å²) in [7, 11) is 0. The highest BCUT2D eigenvalue weighted by molar-refractivity contribution is 7.07. The van der Waals surface area contributed by atoms with E-state index in [-0.39, 0.29) is 23.1 Å². The molecule has 4 rings (SSSR count). The standard InChI is InChI=1S/C20H23N3O3S/c1-14-10-16(2-3-17(14)23(25)26)19(24)22(12-15-4-9-27-13-15)18-11-20(18)5-7-21-8-6-20/h2-4,9-10,13,18,21H,5-8,11-12H2,1H3. The molecule has 2 aromatic rings. The lowest BCUT2D eigenvalue weighted by atomic mass is 9.93. The summed E-state index contributed by atoms with van der Waals surface area (Å²) in [6.45, 7) is 4.29. The van der Waals surface area contributed by atoms with E-state index in [1.54, 1.807) is 30.4 Å². The molecule has 1 aliphatic heterocycles. The van der Waals surface area contributed by atoms with Gasteiger partial charge in [-0.25, -0.2) is 0 Å². The first-order chi connectivity index (χ1) is 13.0. The van der Waals surface area contributed by atoms with E-state index in [4.69, 9.17) is 0 Å². The topological polar surface area (TPSA) is 75.5 Å². The van der Waals surface area contributed by atoms with E-state index in [1.165, 1.54) is 6.07 Å². The van der Waals surface area contributed by atoms with E-state index in [0.717, 1.165) is 37.9 Å². The maximum atomic E-state index is 13.4. The molecule has 1 unspecified atom stereocenters. The van der Waals surface area contributed by atoms with Crippen LogP contribution in [-0.4, -0.2) is 34.9 Å². The molecule has 0 radical (unpaired) electrons. The van der Waals surface area contributed by atoms with Gasteiger partial charge in [0.2, 0.25) is 0 Å². The number of hydrogen-bond donors (Lipinski definition) is 1. The van der Waals surface area contributed by atoms with Crippen LogP contribution in [0.25, 0.3) is 0 Å². The van der Waals surface area contributed by atoms with Crippen molar-refractivity contribution in [2.75, 3.05) is 13.1 Å². The Labute approximate surface area is 162 Å². The second kappa shape index (κ2) is 7.05. The van der Waals surface area contributed by atoms with Gasteiger partial charge in [0.05, 0.1) is 4.92 Å². The molecule has 2 aliphatic rings. The fourth-order valence-corrected chi connectivity index (χ4v) is 4.95. The average Bonchev–Trinajstić information content (AvgIpc) is 3.08. The number of nitrogens with zero attached hydrogens (tertiary/aromatic N) is 2. The van der Waals surface area contributed by atoms with Crippen molar-refractivity contribution in [1.82, 2.24) is 10.2 Å². The molecule has 142 valence electrons. The lowest BCUT2D eigenvalue weighted by Crippen LogP contribution is -2.39. The summed E-state index contributed by atoms with van der Waals surface area (Å²) in [5.74, 6) is -0.0281. The first-order valence-corrected chi connectivity index (χ1v) is 10.2. The Bertz CT molecular complexity index is 859. The number of amides is 1. The number of carbonyl (C=O) groups excluding carboxylic acids is 1. The second-order valence-electron chi connectivity index (χ2n) is 7.66. The number of benzene rings is 1. The number of nitro groups is 1. The quantitative estimate of drug-likeness (QED) is 0.628. The summed E-state index contributed by atoms with van der Waals surface area (Å²) in [5, 5.41) is 18.6. The molecule has 1 spiro atoms. The molecule has 6 nitrogen and oxygen atoms in total. The molecule has 0 bridgehead atoms. The number of carbonyl (C=O) groups is 1. The normalized spacial score (nSPS) is 20.4. The van der Waals surface area contributed by atoms with Crippen molar-refractivity contribution in [2.24, 2.45) is 5.41 Å². The first kappa shape index (κ1) is 18.1. The predicted octanol–water partition coefficient (Wildman–Crippen LogP) is 3.75. The van der Waals surface area contributed by atoms with Gasteiger partial charge in [-0.15, -0.1) is 0 Å². The number of nitro benzene ring substituents is 1. The van der Waals surface area contributed by atoms with Gasteiger partial charge in [0.15, 0.2) is 0 Å². The van der Waals surface area contributed by atoms with Gasteiger partial charge in [-0.3, -0.25) is 14.9 Å². The zero-order valence-electron chi connectivity index (χ0n) is 15.3. The third-order valence-corrected chi connectivity index (χ3v) is 6.69. The predicted molar refractivity (Wildman–Crippen MR) is 105 cm³/mol. The van der Waals surface area contributed by atoms with Crippen molar-refractivity contribution in [1.29, 1.82) is 0 Å². The number of thiophene rings is 1. The number of hydrogen-bond acceptors (Lipinski definition) is 5. The van der Waals surface area contributed by atoms with E-state index in [9.17, 15) is 14.9 Å². The third-order valence-electron chi connectivity index (χ3n) is 5.96. The van der Waals surface area contributed by atoms with Gasteiger partial charge in [-0.2, -0.15) is 11.3 Å². The molecule has 1 N–H and O–H groups in total. The van der Waals surface area contributed by atoms with Gasteiger partial charge in [-0.1, -0.05) is 0 Å². The molecule has 27 heavy (non-hydrogen) atoms. The highest BCUT2D eigenvalue weighted by Crippen LogP contribution is 2.56. The highest BCUT2D eigenvalue weighted by atomic mass is 32.1. The minimum atomic E-state index is -0.405. The largest absolute Gasteiger partial charge is 0.331 e. The number of aryl methyl sites for hydroxylation is 1. The van der Waals surface area contributed by atoms with Crippen LogP contribution in [0.4, 0.5) is 5.69 Å². The van der Waals surface area contributed by atoms with Crippen LogP contribution in [0, 0.1) is 22.5 Å². The monoisotopic (exact) mass is 385 g/mol. The van der Waals surface area contributed by atoms with Gasteiger partial charge in [0.1, 0.15) is 0 Å². The van der Waals surface area contributed by atoms with Crippen molar-refractivity contribution in [3.05, 3.63) is 61.8 Å². The van der Waals surface area contributed by atoms with Gasteiger partial charge in [0.25, 0.3) is 11.6 Å². The third kappa shape index (κ3) is 3.49. The molecule has 7 heteroatoms. The van der Waals surface area contributed by atoms with Crippen molar-refractivity contribution in [3.8, 4) is 0 Å². The Morgan fingerprint density at radius 2 is 2.15 bits per heavy atom. The minimum Gasteiger partial charge on any atom is -0.331 e. The Morgan fingerprint density at radius 1 is 1.37 bits per heavy atom. The van der Waals surface area contributed by atoms with E-state index in [0.29, 0.717) is 17.7 Å². The van der Waals surface area contributed by atoms with Crippen molar-refractivity contribution in [3.63, 3.8) is 0 Å². The lowest BCUT2D eigenvalue weighted by molar-refractivity contribution is -0.385. The second-order valence-corrected chi connectivity index (χ2v) is 8.44. The van der Waals surface area contributed by atoms with E-state index < -0.39 is 4.92 Å². The van der Waals surface area contributed by atoms with Crippen molar-refractivity contribution in [2.45, 2.75) is 38.8 Å². The summed E-state index contributed by atoms with van der Waals surface area (Å²) in [6, 6.07) is 6.99. The molecule has 1 aliphatic carbocycles. The van der Waals surface area contributed by atoms with E-state index in [1.807, 2.05) is 10.3 Å². The summed E-state index contributed by atoms with van der Waals surface area (Å²) >= 11 is 1.63. The lowest BCUT2D eigenvalue weighted by Gasteiger charge is -2.29. The van der Waals surface area contributed by atoms with Crippen LogP contribution in [0.1, 0.15) is 40.7 Å². The Kier molecular flexibility index (Phi) is 4.74. The molecule has 2 fully saturated rings. The number of piperidine rings is 1. The molecular formula is C20H23N3O3S. The van der Waals surface area contributed by atoms with Crippen LogP contribution in [0.2, 0.25) is 0 Å². The van der Waals surface area contributed by atoms with Gasteiger partial charge in [0, 0.05) is 29.8 Å². The zero-order valence-corrected chi connectivity index (χ0v) is 16.1. The Balaban J connectivity index is 1.61. The molecule has 2 heterocycles. The Hall–Kier alpha value is -2.25. The maximum Gasteiger partial charge on any atom is 0.272 e. The molecule has 1 saturated carbocycles. The molecule has 1 saturated heterocycles. The van der Waals surface area contributed by atoms with Gasteiger partial charge >= 0.3 is 0 Å². The van der Waals surface area contributed by atoms with Crippen molar-refractivity contribution < 1.29 is 9.72 Å².